The maximum Gasteiger partial charge on any atom is 0.254 e. The van der Waals surface area contributed by atoms with Crippen molar-refractivity contribution in [1.82, 2.24) is 5.32 Å². The summed E-state index contributed by atoms with van der Waals surface area (Å²) in [4.78, 5) is 12.1. The molecule has 0 heterocycles. The van der Waals surface area contributed by atoms with Crippen LogP contribution >= 0.6 is 23.2 Å². The van der Waals surface area contributed by atoms with E-state index in [-0.39, 0.29) is 17.0 Å². The number of amides is 1. The number of carbonyl (C=O) groups is 1. The summed E-state index contributed by atoms with van der Waals surface area (Å²) in [6.07, 6.45) is 4.95. The first-order valence-corrected chi connectivity index (χ1v) is 7.29. The number of carbonyl (C=O) groups excluding carboxylic acids is 1. The first kappa shape index (κ1) is 14.6. The Bertz CT molecular complexity index is 467. The molecule has 2 rings (SSSR count). The van der Waals surface area contributed by atoms with Crippen LogP contribution < -0.4 is 5.32 Å². The molecule has 1 fully saturated rings. The summed E-state index contributed by atoms with van der Waals surface area (Å²) in [6.45, 7) is 0. The Labute approximate surface area is 122 Å². The average molecular weight is 304 g/mol. The van der Waals surface area contributed by atoms with Crippen molar-refractivity contribution >= 4 is 29.1 Å². The second kappa shape index (κ2) is 6.58. The smallest absolute Gasteiger partial charge is 0.254 e. The van der Waals surface area contributed by atoms with Crippen molar-refractivity contribution < 1.29 is 9.18 Å². The molecule has 104 valence electrons. The fraction of sp³-hybridized carbons (Fsp3) is 0.500. The second-order valence-electron chi connectivity index (χ2n) is 4.86. The van der Waals surface area contributed by atoms with Gasteiger partial charge < -0.3 is 5.32 Å². The fourth-order valence-corrected chi connectivity index (χ4v) is 2.86. The first-order chi connectivity index (χ1) is 9.08. The Balaban J connectivity index is 2.09. The third kappa shape index (κ3) is 3.83. The van der Waals surface area contributed by atoms with Gasteiger partial charge >= 0.3 is 0 Å². The fourth-order valence-electron chi connectivity index (χ4n) is 2.34. The molecule has 1 aromatic rings. The molecule has 0 saturated heterocycles. The number of hydrogen-bond acceptors (Lipinski definition) is 1. The summed E-state index contributed by atoms with van der Waals surface area (Å²) in [7, 11) is 0. The van der Waals surface area contributed by atoms with E-state index in [0.717, 1.165) is 32.1 Å². The largest absolute Gasteiger partial charge is 0.348 e. The van der Waals surface area contributed by atoms with E-state index >= 15 is 0 Å². The van der Waals surface area contributed by atoms with Crippen molar-refractivity contribution in [2.75, 3.05) is 0 Å². The molecule has 2 atom stereocenters. The highest BCUT2D eigenvalue weighted by Crippen LogP contribution is 2.23. The number of alkyl halides is 1. The van der Waals surface area contributed by atoms with E-state index in [2.05, 4.69) is 5.32 Å². The van der Waals surface area contributed by atoms with Crippen LogP contribution in [-0.4, -0.2) is 17.3 Å². The standard InChI is InChI=1S/C14H16Cl2FNO/c15-9-6-7-12(17)10(8-9)14(19)18-13-5-3-1-2-4-11(13)16/h6-8,11,13H,1-5H2,(H,18,19). The van der Waals surface area contributed by atoms with Gasteiger partial charge in [0.15, 0.2) is 0 Å². The maximum absolute atomic E-state index is 13.6. The van der Waals surface area contributed by atoms with Crippen LogP contribution in [-0.2, 0) is 0 Å². The predicted octanol–water partition coefficient (Wildman–Crippen LogP) is 4.15. The van der Waals surface area contributed by atoms with Gasteiger partial charge in [0.25, 0.3) is 5.91 Å². The van der Waals surface area contributed by atoms with E-state index < -0.39 is 11.7 Å². The van der Waals surface area contributed by atoms with Crippen molar-refractivity contribution in [2.45, 2.75) is 43.5 Å². The molecular weight excluding hydrogens is 288 g/mol. The minimum Gasteiger partial charge on any atom is -0.348 e. The van der Waals surface area contributed by atoms with Crippen molar-refractivity contribution in [3.63, 3.8) is 0 Å². The minimum atomic E-state index is -0.568. The lowest BCUT2D eigenvalue weighted by molar-refractivity contribution is 0.0930. The van der Waals surface area contributed by atoms with E-state index in [0.29, 0.717) is 5.02 Å². The number of benzene rings is 1. The lowest BCUT2D eigenvalue weighted by atomic mass is 10.1. The molecule has 1 saturated carbocycles. The molecule has 1 amide bonds. The molecule has 1 N–H and O–H groups in total. The van der Waals surface area contributed by atoms with Gasteiger partial charge in [-0.05, 0) is 31.0 Å². The lowest BCUT2D eigenvalue weighted by Crippen LogP contribution is -2.40. The zero-order chi connectivity index (χ0) is 13.8. The Morgan fingerprint density at radius 2 is 2.00 bits per heavy atom. The molecule has 1 aliphatic carbocycles. The van der Waals surface area contributed by atoms with Crippen LogP contribution in [0.2, 0.25) is 5.02 Å². The van der Waals surface area contributed by atoms with Gasteiger partial charge in [0.05, 0.1) is 10.9 Å². The van der Waals surface area contributed by atoms with Gasteiger partial charge in [0.1, 0.15) is 5.82 Å². The molecule has 2 nitrogen and oxygen atoms in total. The Morgan fingerprint density at radius 3 is 2.79 bits per heavy atom. The average Bonchev–Trinajstić information content (AvgIpc) is 2.58. The molecule has 1 aromatic carbocycles. The maximum atomic E-state index is 13.6. The van der Waals surface area contributed by atoms with Crippen molar-refractivity contribution in [3.05, 3.63) is 34.6 Å². The molecule has 0 radical (unpaired) electrons. The molecule has 0 bridgehead atoms. The van der Waals surface area contributed by atoms with Crippen LogP contribution in [0.3, 0.4) is 0 Å². The van der Waals surface area contributed by atoms with E-state index in [4.69, 9.17) is 23.2 Å². The Kier molecular flexibility index (Phi) is 5.06. The van der Waals surface area contributed by atoms with Gasteiger partial charge in [-0.15, -0.1) is 11.6 Å². The van der Waals surface area contributed by atoms with Crippen molar-refractivity contribution in [2.24, 2.45) is 0 Å². The number of nitrogens with one attached hydrogen (secondary N) is 1. The summed E-state index contributed by atoms with van der Waals surface area (Å²) in [5, 5.41) is 3.08. The molecule has 2 unspecified atom stereocenters. The summed E-state index contributed by atoms with van der Waals surface area (Å²) in [5.74, 6) is -1.01. The van der Waals surface area contributed by atoms with Crippen LogP contribution in [0.15, 0.2) is 18.2 Å². The van der Waals surface area contributed by atoms with Gasteiger partial charge in [-0.1, -0.05) is 30.9 Å². The molecule has 0 aromatic heterocycles. The first-order valence-electron chi connectivity index (χ1n) is 6.48. The highest BCUT2D eigenvalue weighted by atomic mass is 35.5. The van der Waals surface area contributed by atoms with Gasteiger partial charge in [-0.3, -0.25) is 4.79 Å². The third-order valence-corrected chi connectivity index (χ3v) is 4.18. The van der Waals surface area contributed by atoms with Crippen LogP contribution in [0, 0.1) is 5.82 Å². The Morgan fingerprint density at radius 1 is 1.26 bits per heavy atom. The van der Waals surface area contributed by atoms with Crippen LogP contribution in [0.5, 0.6) is 0 Å². The van der Waals surface area contributed by atoms with Gasteiger partial charge in [0, 0.05) is 11.1 Å². The number of rotatable bonds is 2. The minimum absolute atomic E-state index is 0.0272. The van der Waals surface area contributed by atoms with Crippen LogP contribution in [0.4, 0.5) is 4.39 Å². The monoisotopic (exact) mass is 303 g/mol. The summed E-state index contributed by atoms with van der Waals surface area (Å²) < 4.78 is 13.6. The zero-order valence-electron chi connectivity index (χ0n) is 10.5. The van der Waals surface area contributed by atoms with Crippen LogP contribution in [0.25, 0.3) is 0 Å². The van der Waals surface area contributed by atoms with Gasteiger partial charge in [-0.25, -0.2) is 4.39 Å². The number of halogens is 3. The summed E-state index contributed by atoms with van der Waals surface area (Å²) >= 11 is 12.0. The van der Waals surface area contributed by atoms with E-state index in [1.165, 1.54) is 18.2 Å². The summed E-state index contributed by atoms with van der Waals surface area (Å²) in [6, 6.07) is 3.85. The van der Waals surface area contributed by atoms with E-state index in [9.17, 15) is 9.18 Å². The lowest BCUT2D eigenvalue weighted by Gasteiger charge is -2.21. The van der Waals surface area contributed by atoms with Crippen molar-refractivity contribution in [1.29, 1.82) is 0 Å². The SMILES string of the molecule is O=C(NC1CCCCCC1Cl)c1cc(Cl)ccc1F. The predicted molar refractivity (Wildman–Crippen MR) is 75.4 cm³/mol. The van der Waals surface area contributed by atoms with Gasteiger partial charge in [0.2, 0.25) is 0 Å². The molecular formula is C14H16Cl2FNO. The van der Waals surface area contributed by atoms with Crippen LogP contribution in [0.1, 0.15) is 42.5 Å². The molecule has 0 aliphatic heterocycles. The molecule has 5 heteroatoms. The third-order valence-electron chi connectivity index (χ3n) is 3.42. The second-order valence-corrected chi connectivity index (χ2v) is 5.86. The number of hydrogen-bond donors (Lipinski definition) is 1. The molecule has 1 aliphatic rings. The van der Waals surface area contributed by atoms with E-state index in [1.807, 2.05) is 0 Å². The topological polar surface area (TPSA) is 29.1 Å². The molecule has 0 spiro atoms. The highest BCUT2D eigenvalue weighted by molar-refractivity contribution is 6.31. The zero-order valence-corrected chi connectivity index (χ0v) is 12.0. The van der Waals surface area contributed by atoms with Crippen molar-refractivity contribution in [3.8, 4) is 0 Å². The quantitative estimate of drug-likeness (QED) is 0.645. The Hall–Kier alpha value is -0.800. The van der Waals surface area contributed by atoms with Gasteiger partial charge in [-0.2, -0.15) is 0 Å². The molecule has 19 heavy (non-hydrogen) atoms. The highest BCUT2D eigenvalue weighted by Gasteiger charge is 2.24. The summed E-state index contributed by atoms with van der Waals surface area (Å²) in [5.41, 5.74) is -0.0272. The van der Waals surface area contributed by atoms with E-state index in [1.54, 1.807) is 0 Å². The normalized spacial score (nSPS) is 23.7.